The molecule has 0 amide bonds. The largest absolute Gasteiger partial charge is 0.395 e. The number of aromatic nitrogens is 2. The maximum atomic E-state index is 12.2. The molecule has 1 aromatic rings. The van der Waals surface area contributed by atoms with E-state index in [2.05, 4.69) is 26.3 Å². The van der Waals surface area contributed by atoms with Gasteiger partial charge in [-0.2, -0.15) is 16.9 Å². The van der Waals surface area contributed by atoms with Crippen LogP contribution in [0.4, 0.5) is 5.69 Å². The van der Waals surface area contributed by atoms with Crippen molar-refractivity contribution >= 4 is 33.4 Å². The summed E-state index contributed by atoms with van der Waals surface area (Å²) < 4.78 is 1.92. The van der Waals surface area contributed by atoms with Crippen LogP contribution in [0.25, 0.3) is 0 Å². The SMILES string of the molecule is CSC(CO)C(C)Nc1cnn(CCN(C)C)c(=O)c1Br. The Bertz CT molecular complexity index is 505. The molecule has 0 radical (unpaired) electrons. The number of halogens is 1. The maximum absolute atomic E-state index is 12.2. The summed E-state index contributed by atoms with van der Waals surface area (Å²) >= 11 is 4.93. The number of aliphatic hydroxyl groups excluding tert-OH is 1. The Balaban J connectivity index is 2.86. The predicted octanol–water partition coefficient (Wildman–Crippen LogP) is 1.09. The molecule has 0 bridgehead atoms. The molecular formula is C13H23BrN4O2S. The van der Waals surface area contributed by atoms with Crippen molar-refractivity contribution in [1.82, 2.24) is 14.7 Å². The fourth-order valence-corrected chi connectivity index (χ4v) is 2.84. The number of thioether (sulfide) groups is 1. The van der Waals surface area contributed by atoms with Gasteiger partial charge in [0, 0.05) is 17.8 Å². The van der Waals surface area contributed by atoms with E-state index in [-0.39, 0.29) is 23.5 Å². The molecule has 6 nitrogen and oxygen atoms in total. The molecule has 2 atom stereocenters. The van der Waals surface area contributed by atoms with Gasteiger partial charge in [0.05, 0.1) is 25.0 Å². The first-order valence-corrected chi connectivity index (χ1v) is 8.79. The van der Waals surface area contributed by atoms with Gasteiger partial charge in [0.15, 0.2) is 0 Å². The molecule has 0 aliphatic heterocycles. The highest BCUT2D eigenvalue weighted by molar-refractivity contribution is 9.10. The third kappa shape index (κ3) is 5.28. The predicted molar refractivity (Wildman–Crippen MR) is 92.2 cm³/mol. The van der Waals surface area contributed by atoms with Crippen molar-refractivity contribution in [2.45, 2.75) is 24.8 Å². The van der Waals surface area contributed by atoms with Crippen molar-refractivity contribution in [3.63, 3.8) is 0 Å². The van der Waals surface area contributed by atoms with Crippen molar-refractivity contribution in [3.8, 4) is 0 Å². The van der Waals surface area contributed by atoms with Gasteiger partial charge in [0.2, 0.25) is 0 Å². The molecule has 2 unspecified atom stereocenters. The molecular weight excluding hydrogens is 356 g/mol. The van der Waals surface area contributed by atoms with Crippen LogP contribution in [0, 0.1) is 0 Å². The molecule has 2 N–H and O–H groups in total. The molecule has 0 aliphatic carbocycles. The van der Waals surface area contributed by atoms with E-state index in [9.17, 15) is 9.90 Å². The summed E-state index contributed by atoms with van der Waals surface area (Å²) in [5.74, 6) is 0. The van der Waals surface area contributed by atoms with E-state index in [1.165, 1.54) is 4.68 Å². The van der Waals surface area contributed by atoms with Crippen LogP contribution in [0.2, 0.25) is 0 Å². The van der Waals surface area contributed by atoms with Gasteiger partial charge in [-0.3, -0.25) is 4.79 Å². The first-order valence-electron chi connectivity index (χ1n) is 6.71. The molecule has 0 aromatic carbocycles. The number of anilines is 1. The third-order valence-corrected chi connectivity index (χ3v) is 5.10. The second-order valence-corrected chi connectivity index (χ2v) is 6.96. The van der Waals surface area contributed by atoms with Crippen LogP contribution < -0.4 is 10.9 Å². The summed E-state index contributed by atoms with van der Waals surface area (Å²) in [5, 5.41) is 16.8. The van der Waals surface area contributed by atoms with E-state index in [1.807, 2.05) is 32.2 Å². The third-order valence-electron chi connectivity index (χ3n) is 3.17. The lowest BCUT2D eigenvalue weighted by atomic mass is 10.2. The van der Waals surface area contributed by atoms with E-state index in [4.69, 9.17) is 0 Å². The smallest absolute Gasteiger partial charge is 0.283 e. The van der Waals surface area contributed by atoms with Crippen LogP contribution in [-0.2, 0) is 6.54 Å². The van der Waals surface area contributed by atoms with Gasteiger partial charge in [-0.1, -0.05) is 0 Å². The van der Waals surface area contributed by atoms with Crippen molar-refractivity contribution in [3.05, 3.63) is 21.0 Å². The number of nitrogens with zero attached hydrogens (tertiary/aromatic N) is 3. The highest BCUT2D eigenvalue weighted by atomic mass is 79.9. The molecule has 0 saturated heterocycles. The maximum Gasteiger partial charge on any atom is 0.283 e. The Kier molecular flexibility index (Phi) is 7.72. The summed E-state index contributed by atoms with van der Waals surface area (Å²) in [7, 11) is 3.91. The Morgan fingerprint density at radius 3 is 2.76 bits per heavy atom. The van der Waals surface area contributed by atoms with E-state index in [1.54, 1.807) is 18.0 Å². The van der Waals surface area contributed by atoms with E-state index in [0.717, 1.165) is 6.54 Å². The second-order valence-electron chi connectivity index (χ2n) is 5.09. The number of nitrogens with one attached hydrogen (secondary N) is 1. The fraction of sp³-hybridized carbons (Fsp3) is 0.692. The molecule has 1 rings (SSSR count). The molecule has 8 heteroatoms. The van der Waals surface area contributed by atoms with Gasteiger partial charge in [0.25, 0.3) is 5.56 Å². The average Bonchev–Trinajstić information content (AvgIpc) is 2.44. The molecule has 1 heterocycles. The van der Waals surface area contributed by atoms with Gasteiger partial charge >= 0.3 is 0 Å². The summed E-state index contributed by atoms with van der Waals surface area (Å²) in [5.41, 5.74) is 0.500. The van der Waals surface area contributed by atoms with Crippen molar-refractivity contribution < 1.29 is 5.11 Å². The molecule has 0 saturated carbocycles. The van der Waals surface area contributed by atoms with Crippen LogP contribution in [0.15, 0.2) is 15.5 Å². The molecule has 0 fully saturated rings. The Morgan fingerprint density at radius 1 is 1.57 bits per heavy atom. The van der Waals surface area contributed by atoms with Crippen LogP contribution in [0.5, 0.6) is 0 Å². The Hall–Kier alpha value is -0.570. The van der Waals surface area contributed by atoms with Gasteiger partial charge in [-0.15, -0.1) is 0 Å². The zero-order valence-electron chi connectivity index (χ0n) is 12.8. The van der Waals surface area contributed by atoms with E-state index < -0.39 is 0 Å². The number of hydrogen-bond acceptors (Lipinski definition) is 6. The summed E-state index contributed by atoms with van der Waals surface area (Å²) in [4.78, 5) is 14.2. The van der Waals surface area contributed by atoms with Crippen molar-refractivity contribution in [1.29, 1.82) is 0 Å². The molecule has 0 spiro atoms. The van der Waals surface area contributed by atoms with Gasteiger partial charge in [-0.05, 0) is 43.2 Å². The number of rotatable bonds is 8. The molecule has 120 valence electrons. The highest BCUT2D eigenvalue weighted by Gasteiger charge is 2.17. The second kappa shape index (κ2) is 8.77. The lowest BCUT2D eigenvalue weighted by molar-refractivity contribution is 0.288. The first-order chi connectivity index (χ1) is 9.90. The van der Waals surface area contributed by atoms with Crippen LogP contribution >= 0.6 is 27.7 Å². The average molecular weight is 379 g/mol. The lowest BCUT2D eigenvalue weighted by Gasteiger charge is -2.23. The summed E-state index contributed by atoms with van der Waals surface area (Å²) in [6.07, 6.45) is 3.60. The zero-order valence-corrected chi connectivity index (χ0v) is 15.2. The monoisotopic (exact) mass is 378 g/mol. The number of hydrogen-bond donors (Lipinski definition) is 2. The first kappa shape index (κ1) is 18.5. The van der Waals surface area contributed by atoms with Crippen molar-refractivity contribution in [2.24, 2.45) is 0 Å². The minimum Gasteiger partial charge on any atom is -0.395 e. The zero-order chi connectivity index (χ0) is 16.0. The van der Waals surface area contributed by atoms with E-state index >= 15 is 0 Å². The van der Waals surface area contributed by atoms with E-state index in [0.29, 0.717) is 16.7 Å². The summed E-state index contributed by atoms with van der Waals surface area (Å²) in [6, 6.07) is 0.0279. The van der Waals surface area contributed by atoms with Gasteiger partial charge in [0.1, 0.15) is 4.47 Å². The standard InChI is InChI=1S/C13H23BrN4O2S/c1-9(11(8-19)21-4)16-10-7-15-18(6-5-17(2)3)13(20)12(10)14/h7,9,11,16,19H,5-6,8H2,1-4H3. The van der Waals surface area contributed by atoms with Crippen LogP contribution in [0.3, 0.4) is 0 Å². The molecule has 0 aliphatic rings. The minimum atomic E-state index is -0.154. The number of aliphatic hydroxyl groups is 1. The quantitative estimate of drug-likeness (QED) is 0.705. The summed E-state index contributed by atoms with van der Waals surface area (Å²) in [6.45, 7) is 3.35. The topological polar surface area (TPSA) is 70.4 Å². The Labute approximate surface area is 138 Å². The van der Waals surface area contributed by atoms with Crippen LogP contribution in [0.1, 0.15) is 6.92 Å². The normalized spacial score (nSPS) is 14.2. The fourth-order valence-electron chi connectivity index (χ4n) is 1.79. The minimum absolute atomic E-state index is 0.0279. The van der Waals surface area contributed by atoms with Gasteiger partial charge < -0.3 is 15.3 Å². The van der Waals surface area contributed by atoms with Gasteiger partial charge in [-0.25, -0.2) is 4.68 Å². The number of likely N-dealkylation sites (N-methyl/N-ethyl adjacent to an activating group) is 1. The molecule has 21 heavy (non-hydrogen) atoms. The lowest BCUT2D eigenvalue weighted by Crippen LogP contribution is -2.33. The molecule has 1 aromatic heterocycles. The van der Waals surface area contributed by atoms with Crippen molar-refractivity contribution in [2.75, 3.05) is 38.8 Å². The Morgan fingerprint density at radius 2 is 2.24 bits per heavy atom. The van der Waals surface area contributed by atoms with Crippen LogP contribution in [-0.4, -0.2) is 64.6 Å². The highest BCUT2D eigenvalue weighted by Crippen LogP contribution is 2.20.